The van der Waals surface area contributed by atoms with Crippen molar-refractivity contribution in [2.75, 3.05) is 62.2 Å². The van der Waals surface area contributed by atoms with Crippen LogP contribution in [0.15, 0.2) is 42.5 Å². The van der Waals surface area contributed by atoms with E-state index in [0.717, 1.165) is 16.9 Å². The molecule has 196 valence electrons. The topological polar surface area (TPSA) is 99.5 Å². The average molecular weight is 512 g/mol. The molecule has 3 aliphatic rings. The van der Waals surface area contributed by atoms with Gasteiger partial charge in [-0.2, -0.15) is 0 Å². The number of piperazine rings is 2. The molecule has 2 amide bonds. The van der Waals surface area contributed by atoms with Crippen molar-refractivity contribution in [1.82, 2.24) is 9.80 Å². The van der Waals surface area contributed by atoms with E-state index in [-0.39, 0.29) is 29.5 Å². The quantitative estimate of drug-likeness (QED) is 0.460. The van der Waals surface area contributed by atoms with Gasteiger partial charge in [-0.25, -0.2) is 9.18 Å². The zero-order valence-corrected chi connectivity index (χ0v) is 20.7. The number of halogens is 1. The molecule has 0 saturated carbocycles. The lowest BCUT2D eigenvalue weighted by molar-refractivity contribution is -0.384. The Labute approximate surface area is 214 Å². The lowest BCUT2D eigenvalue weighted by Gasteiger charge is -2.50. The van der Waals surface area contributed by atoms with Gasteiger partial charge in [-0.3, -0.25) is 14.9 Å². The molecule has 0 bridgehead atoms. The minimum absolute atomic E-state index is 0.0106. The minimum Gasteiger partial charge on any atom is -0.450 e. The maximum Gasteiger partial charge on any atom is 0.409 e. The van der Waals surface area contributed by atoms with Gasteiger partial charge in [-0.15, -0.1) is 0 Å². The van der Waals surface area contributed by atoms with Crippen LogP contribution < -0.4 is 9.80 Å². The van der Waals surface area contributed by atoms with Crippen LogP contribution in [0.25, 0.3) is 0 Å². The fourth-order valence-corrected chi connectivity index (χ4v) is 5.65. The molecule has 5 rings (SSSR count). The van der Waals surface area contributed by atoms with E-state index in [2.05, 4.69) is 9.80 Å². The van der Waals surface area contributed by atoms with E-state index in [9.17, 15) is 24.1 Å². The molecule has 2 fully saturated rings. The SMILES string of the molecule is CCOC(=O)N1CCN(C(=O)[C@H]2Cc3cc([N+](=O)[O-])ccc3N3CCN(c4ccc(F)cc4)C[C@@H]23)CC1. The third-order valence-electron chi connectivity index (χ3n) is 7.53. The molecule has 0 N–H and O–H groups in total. The monoisotopic (exact) mass is 511 g/mol. The molecule has 3 heterocycles. The molecule has 11 heteroatoms. The number of ether oxygens (including phenoxy) is 1. The van der Waals surface area contributed by atoms with Crippen molar-refractivity contribution in [1.29, 1.82) is 0 Å². The normalized spacial score (nSPS) is 21.2. The molecule has 2 aromatic carbocycles. The summed E-state index contributed by atoms with van der Waals surface area (Å²) >= 11 is 0. The van der Waals surface area contributed by atoms with Gasteiger partial charge in [0.15, 0.2) is 0 Å². The van der Waals surface area contributed by atoms with E-state index < -0.39 is 10.8 Å². The van der Waals surface area contributed by atoms with E-state index in [0.29, 0.717) is 58.8 Å². The van der Waals surface area contributed by atoms with Crippen LogP contribution in [0.3, 0.4) is 0 Å². The Kier molecular flexibility index (Phi) is 6.86. The summed E-state index contributed by atoms with van der Waals surface area (Å²) in [6.07, 6.45) is 0.0220. The first kappa shape index (κ1) is 24.8. The third-order valence-corrected chi connectivity index (χ3v) is 7.53. The van der Waals surface area contributed by atoms with Crippen LogP contribution in [0.2, 0.25) is 0 Å². The third kappa shape index (κ3) is 4.90. The largest absolute Gasteiger partial charge is 0.450 e. The van der Waals surface area contributed by atoms with E-state index in [1.165, 1.54) is 18.2 Å². The number of nitrogens with zero attached hydrogens (tertiary/aromatic N) is 5. The van der Waals surface area contributed by atoms with Crippen molar-refractivity contribution < 1.29 is 23.6 Å². The molecule has 2 saturated heterocycles. The second-order valence-corrected chi connectivity index (χ2v) is 9.58. The van der Waals surface area contributed by atoms with Crippen LogP contribution in [0, 0.1) is 21.8 Å². The lowest BCUT2D eigenvalue weighted by Crippen LogP contribution is -2.62. The van der Waals surface area contributed by atoms with Crippen molar-refractivity contribution in [3.8, 4) is 0 Å². The van der Waals surface area contributed by atoms with Gasteiger partial charge < -0.3 is 24.3 Å². The van der Waals surface area contributed by atoms with Gasteiger partial charge >= 0.3 is 6.09 Å². The second-order valence-electron chi connectivity index (χ2n) is 9.58. The van der Waals surface area contributed by atoms with E-state index in [4.69, 9.17) is 4.74 Å². The standard InChI is InChI=1S/C26H30FN5O5/c1-2-37-26(34)29-11-9-28(10-12-29)25(33)22-16-18-15-21(32(35)36)7-8-23(18)31-14-13-30(17-24(22)31)20-5-3-19(27)4-6-20/h3-8,15,22,24H,2,9-14,16-17H2,1H3/t22-,24-/m0/s1. The number of amides is 2. The predicted octanol–water partition coefficient (Wildman–Crippen LogP) is 2.90. The van der Waals surface area contributed by atoms with E-state index in [1.54, 1.807) is 41.0 Å². The van der Waals surface area contributed by atoms with E-state index >= 15 is 0 Å². The Morgan fingerprint density at radius 1 is 1.03 bits per heavy atom. The second kappa shape index (κ2) is 10.2. The number of non-ortho nitro benzene ring substituents is 1. The molecule has 0 aromatic heterocycles. The molecular weight excluding hydrogens is 481 g/mol. The highest BCUT2D eigenvalue weighted by Crippen LogP contribution is 2.39. The van der Waals surface area contributed by atoms with Gasteiger partial charge in [0, 0.05) is 69.3 Å². The van der Waals surface area contributed by atoms with E-state index in [1.807, 2.05) is 0 Å². The summed E-state index contributed by atoms with van der Waals surface area (Å²) in [6, 6.07) is 11.1. The molecule has 0 unspecified atom stereocenters. The highest BCUT2D eigenvalue weighted by Gasteiger charge is 2.44. The molecule has 10 nitrogen and oxygen atoms in total. The van der Waals surface area contributed by atoms with Gasteiger partial charge in [-0.1, -0.05) is 0 Å². The Bertz CT molecular complexity index is 1180. The Balaban J connectivity index is 1.40. The highest BCUT2D eigenvalue weighted by atomic mass is 19.1. The summed E-state index contributed by atoms with van der Waals surface area (Å²) in [5.74, 6) is -0.728. The van der Waals surface area contributed by atoms with Crippen LogP contribution in [-0.2, 0) is 16.0 Å². The first-order chi connectivity index (χ1) is 17.9. The van der Waals surface area contributed by atoms with Crippen molar-refractivity contribution >= 4 is 29.1 Å². The van der Waals surface area contributed by atoms with Crippen molar-refractivity contribution in [2.45, 2.75) is 19.4 Å². The smallest absolute Gasteiger partial charge is 0.409 e. The average Bonchev–Trinajstić information content (AvgIpc) is 2.92. The fraction of sp³-hybridized carbons (Fsp3) is 0.462. The first-order valence-corrected chi connectivity index (χ1v) is 12.6. The number of anilines is 2. The van der Waals surface area contributed by atoms with Crippen molar-refractivity contribution in [3.05, 3.63) is 64.0 Å². The number of nitro benzene ring substituents is 1. The molecule has 2 aromatic rings. The van der Waals surface area contributed by atoms with Gasteiger partial charge in [0.25, 0.3) is 5.69 Å². The number of rotatable bonds is 4. The fourth-order valence-electron chi connectivity index (χ4n) is 5.65. The molecular formula is C26H30FN5O5. The highest BCUT2D eigenvalue weighted by molar-refractivity contribution is 5.83. The molecule has 2 atom stereocenters. The summed E-state index contributed by atoms with van der Waals surface area (Å²) in [6.45, 7) is 5.55. The number of benzene rings is 2. The summed E-state index contributed by atoms with van der Waals surface area (Å²) < 4.78 is 18.6. The van der Waals surface area contributed by atoms with Gasteiger partial charge in [-0.05, 0) is 49.2 Å². The maximum atomic E-state index is 13.9. The van der Waals surface area contributed by atoms with Gasteiger partial charge in [0.05, 0.1) is 23.5 Å². The number of hydrogen-bond donors (Lipinski definition) is 0. The summed E-state index contributed by atoms with van der Waals surface area (Å²) in [7, 11) is 0. The number of fused-ring (bicyclic) bond motifs is 3. The Morgan fingerprint density at radius 2 is 1.73 bits per heavy atom. The Hall–Kier alpha value is -3.89. The zero-order valence-electron chi connectivity index (χ0n) is 20.7. The van der Waals surface area contributed by atoms with Crippen LogP contribution in [0.1, 0.15) is 12.5 Å². The van der Waals surface area contributed by atoms with Crippen LogP contribution in [0.4, 0.5) is 26.2 Å². The summed E-state index contributed by atoms with van der Waals surface area (Å²) in [5.41, 5.74) is 2.62. The minimum atomic E-state index is -0.412. The Morgan fingerprint density at radius 3 is 2.41 bits per heavy atom. The van der Waals surface area contributed by atoms with Crippen LogP contribution >= 0.6 is 0 Å². The van der Waals surface area contributed by atoms with Gasteiger partial charge in [0.1, 0.15) is 5.82 Å². The number of nitro groups is 1. The summed E-state index contributed by atoms with van der Waals surface area (Å²) in [4.78, 5) is 44.7. The maximum absolute atomic E-state index is 13.9. The first-order valence-electron chi connectivity index (χ1n) is 12.6. The molecule has 3 aliphatic heterocycles. The predicted molar refractivity (Wildman–Crippen MR) is 135 cm³/mol. The van der Waals surface area contributed by atoms with Gasteiger partial charge in [0.2, 0.25) is 5.91 Å². The summed E-state index contributed by atoms with van der Waals surface area (Å²) in [5, 5.41) is 11.4. The molecule has 0 radical (unpaired) electrons. The van der Waals surface area contributed by atoms with Crippen molar-refractivity contribution in [2.24, 2.45) is 5.92 Å². The number of hydrogen-bond acceptors (Lipinski definition) is 7. The van der Waals surface area contributed by atoms with Crippen LogP contribution in [-0.4, -0.2) is 85.2 Å². The molecule has 37 heavy (non-hydrogen) atoms. The van der Waals surface area contributed by atoms with Crippen LogP contribution in [0.5, 0.6) is 0 Å². The van der Waals surface area contributed by atoms with Crippen molar-refractivity contribution in [3.63, 3.8) is 0 Å². The number of carbonyl (C=O) groups is 2. The number of carbonyl (C=O) groups excluding carboxylic acids is 2. The molecule has 0 aliphatic carbocycles. The zero-order chi connectivity index (χ0) is 26.1. The molecule has 0 spiro atoms. The lowest BCUT2D eigenvalue weighted by atomic mass is 9.82.